The van der Waals surface area contributed by atoms with Crippen LogP contribution in [0.5, 0.6) is 0 Å². The molecule has 1 N–H and O–H groups in total. The average Bonchev–Trinajstić information content (AvgIpc) is 2.03. The SMILES string of the molecule is CCc1ccc(S(=O)(=O)O)cc1. The van der Waals surface area contributed by atoms with Crippen molar-refractivity contribution in [3.8, 4) is 0 Å². The second kappa shape index (κ2) is 3.25. The molecule has 0 radical (unpaired) electrons. The molecule has 0 fully saturated rings. The van der Waals surface area contributed by atoms with E-state index in [9.17, 15) is 8.42 Å². The molecule has 0 spiro atoms. The summed E-state index contributed by atoms with van der Waals surface area (Å²) in [6, 6.07) is 6.16. The van der Waals surface area contributed by atoms with Crippen LogP contribution in [0.4, 0.5) is 0 Å². The molecule has 0 amide bonds. The van der Waals surface area contributed by atoms with Crippen LogP contribution in [0.1, 0.15) is 12.5 Å². The molecule has 0 aliphatic rings. The van der Waals surface area contributed by atoms with Crippen molar-refractivity contribution in [2.75, 3.05) is 0 Å². The van der Waals surface area contributed by atoms with Gasteiger partial charge in [0.2, 0.25) is 0 Å². The molecule has 1 aromatic rings. The van der Waals surface area contributed by atoms with E-state index in [1.54, 1.807) is 12.1 Å². The van der Waals surface area contributed by atoms with Gasteiger partial charge in [0.1, 0.15) is 0 Å². The Morgan fingerprint density at radius 2 is 1.75 bits per heavy atom. The van der Waals surface area contributed by atoms with Crippen LogP contribution in [-0.2, 0) is 16.5 Å². The second-order valence-electron chi connectivity index (χ2n) is 2.47. The molecule has 0 heterocycles. The van der Waals surface area contributed by atoms with Gasteiger partial charge in [0.05, 0.1) is 4.90 Å². The first kappa shape index (κ1) is 9.22. The highest BCUT2D eigenvalue weighted by molar-refractivity contribution is 7.85. The zero-order valence-electron chi connectivity index (χ0n) is 6.69. The zero-order valence-corrected chi connectivity index (χ0v) is 7.50. The van der Waals surface area contributed by atoms with E-state index >= 15 is 0 Å². The van der Waals surface area contributed by atoms with Gasteiger partial charge in [0.15, 0.2) is 0 Å². The molecule has 66 valence electrons. The third-order valence-corrected chi connectivity index (χ3v) is 2.50. The van der Waals surface area contributed by atoms with E-state index in [2.05, 4.69) is 0 Å². The van der Waals surface area contributed by atoms with Crippen LogP contribution in [0.2, 0.25) is 0 Å². The van der Waals surface area contributed by atoms with Gasteiger partial charge in [-0.3, -0.25) is 4.55 Å². The van der Waals surface area contributed by atoms with Gasteiger partial charge >= 0.3 is 0 Å². The molecule has 0 aliphatic heterocycles. The van der Waals surface area contributed by atoms with E-state index in [1.165, 1.54) is 12.1 Å². The number of aryl methyl sites for hydroxylation is 1. The Labute approximate surface area is 71.8 Å². The molecule has 0 aromatic heterocycles. The van der Waals surface area contributed by atoms with Crippen LogP contribution in [0.15, 0.2) is 29.2 Å². The minimum absolute atomic E-state index is 0.0558. The lowest BCUT2D eigenvalue weighted by Gasteiger charge is -1.97. The maximum atomic E-state index is 10.6. The maximum absolute atomic E-state index is 10.6. The summed E-state index contributed by atoms with van der Waals surface area (Å²) in [4.78, 5) is -0.0558. The van der Waals surface area contributed by atoms with Crippen LogP contribution in [0.3, 0.4) is 0 Å². The second-order valence-corrected chi connectivity index (χ2v) is 3.89. The quantitative estimate of drug-likeness (QED) is 0.712. The Kier molecular flexibility index (Phi) is 2.49. The van der Waals surface area contributed by atoms with Gasteiger partial charge in [-0.05, 0) is 24.1 Å². The van der Waals surface area contributed by atoms with Crippen molar-refractivity contribution >= 4 is 10.1 Å². The van der Waals surface area contributed by atoms with Crippen molar-refractivity contribution in [1.82, 2.24) is 0 Å². The predicted molar refractivity (Wildman–Crippen MR) is 45.6 cm³/mol. The van der Waals surface area contributed by atoms with Crippen LogP contribution >= 0.6 is 0 Å². The molecular weight excluding hydrogens is 176 g/mol. The van der Waals surface area contributed by atoms with Gasteiger partial charge in [0, 0.05) is 0 Å². The topological polar surface area (TPSA) is 54.4 Å². The molecular formula is C8H10O3S. The van der Waals surface area contributed by atoms with Crippen molar-refractivity contribution in [2.24, 2.45) is 0 Å². The fourth-order valence-electron chi connectivity index (χ4n) is 0.897. The summed E-state index contributed by atoms with van der Waals surface area (Å²) in [5, 5.41) is 0. The molecule has 1 aromatic carbocycles. The summed E-state index contributed by atoms with van der Waals surface area (Å²) in [5.41, 5.74) is 1.04. The van der Waals surface area contributed by atoms with Gasteiger partial charge in [-0.1, -0.05) is 19.1 Å². The molecule has 0 atom stereocenters. The predicted octanol–water partition coefficient (Wildman–Crippen LogP) is 1.50. The van der Waals surface area contributed by atoms with Gasteiger partial charge in [-0.2, -0.15) is 8.42 Å². The highest BCUT2D eigenvalue weighted by atomic mass is 32.2. The van der Waals surface area contributed by atoms with Crippen molar-refractivity contribution in [3.63, 3.8) is 0 Å². The number of benzene rings is 1. The summed E-state index contributed by atoms with van der Waals surface area (Å²) < 4.78 is 29.8. The van der Waals surface area contributed by atoms with E-state index in [0.717, 1.165) is 12.0 Å². The van der Waals surface area contributed by atoms with Gasteiger partial charge in [-0.25, -0.2) is 0 Å². The summed E-state index contributed by atoms with van der Waals surface area (Å²) >= 11 is 0. The summed E-state index contributed by atoms with van der Waals surface area (Å²) in [7, 11) is -4.03. The van der Waals surface area contributed by atoms with Gasteiger partial charge in [-0.15, -0.1) is 0 Å². The molecule has 0 saturated carbocycles. The largest absolute Gasteiger partial charge is 0.294 e. The van der Waals surface area contributed by atoms with Crippen LogP contribution in [-0.4, -0.2) is 13.0 Å². The van der Waals surface area contributed by atoms with E-state index in [0.29, 0.717) is 0 Å². The lowest BCUT2D eigenvalue weighted by molar-refractivity contribution is 0.483. The summed E-state index contributed by atoms with van der Waals surface area (Å²) in [6.45, 7) is 1.97. The maximum Gasteiger partial charge on any atom is 0.294 e. The van der Waals surface area contributed by atoms with Crippen molar-refractivity contribution in [3.05, 3.63) is 29.8 Å². The van der Waals surface area contributed by atoms with E-state index < -0.39 is 10.1 Å². The van der Waals surface area contributed by atoms with E-state index in [1.807, 2.05) is 6.92 Å². The lowest BCUT2D eigenvalue weighted by atomic mass is 10.2. The molecule has 0 bridgehead atoms. The first-order chi connectivity index (χ1) is 5.54. The normalized spacial score (nSPS) is 11.5. The minimum atomic E-state index is -4.03. The molecule has 12 heavy (non-hydrogen) atoms. The Hall–Kier alpha value is -0.870. The standard InChI is InChI=1S/C8H10O3S/c1-2-7-3-5-8(6-4-7)12(9,10)11/h3-6H,2H2,1H3,(H,9,10,11). The summed E-state index contributed by atoms with van der Waals surface area (Å²) in [5.74, 6) is 0. The number of rotatable bonds is 2. The van der Waals surface area contributed by atoms with Crippen molar-refractivity contribution < 1.29 is 13.0 Å². The van der Waals surface area contributed by atoms with Crippen LogP contribution in [0.25, 0.3) is 0 Å². The summed E-state index contributed by atoms with van der Waals surface area (Å²) in [6.07, 6.45) is 0.853. The third kappa shape index (κ3) is 2.06. The van der Waals surface area contributed by atoms with E-state index in [-0.39, 0.29) is 4.90 Å². The fourth-order valence-corrected chi connectivity index (χ4v) is 1.38. The van der Waals surface area contributed by atoms with Crippen LogP contribution < -0.4 is 0 Å². The number of hydrogen-bond donors (Lipinski definition) is 1. The molecule has 0 aliphatic carbocycles. The van der Waals surface area contributed by atoms with Gasteiger partial charge in [0.25, 0.3) is 10.1 Å². The smallest absolute Gasteiger partial charge is 0.282 e. The minimum Gasteiger partial charge on any atom is -0.282 e. The van der Waals surface area contributed by atoms with E-state index in [4.69, 9.17) is 4.55 Å². The molecule has 0 saturated heterocycles. The van der Waals surface area contributed by atoms with Crippen molar-refractivity contribution in [1.29, 1.82) is 0 Å². The fraction of sp³-hybridized carbons (Fsp3) is 0.250. The van der Waals surface area contributed by atoms with Gasteiger partial charge < -0.3 is 0 Å². The Morgan fingerprint density at radius 1 is 1.25 bits per heavy atom. The molecule has 0 unspecified atom stereocenters. The van der Waals surface area contributed by atoms with Crippen molar-refractivity contribution in [2.45, 2.75) is 18.2 Å². The highest BCUT2D eigenvalue weighted by Gasteiger charge is 2.07. The first-order valence-electron chi connectivity index (χ1n) is 3.60. The first-order valence-corrected chi connectivity index (χ1v) is 5.04. The third-order valence-electron chi connectivity index (χ3n) is 1.63. The lowest BCUT2D eigenvalue weighted by Crippen LogP contribution is -1.97. The van der Waals surface area contributed by atoms with Crippen LogP contribution in [0, 0.1) is 0 Å². The molecule has 3 nitrogen and oxygen atoms in total. The average molecular weight is 186 g/mol. The Morgan fingerprint density at radius 3 is 2.08 bits per heavy atom. The monoisotopic (exact) mass is 186 g/mol. The zero-order chi connectivity index (χ0) is 9.19. The molecule has 1 rings (SSSR count). The highest BCUT2D eigenvalue weighted by Crippen LogP contribution is 2.09. The number of hydrogen-bond acceptors (Lipinski definition) is 2. The Balaban J connectivity index is 3.09. The molecule has 4 heteroatoms. The Bertz CT molecular complexity index is 350.